The molecule has 1 aromatic carbocycles. The first-order valence-corrected chi connectivity index (χ1v) is 7.39. The molecule has 5 heteroatoms. The van der Waals surface area contributed by atoms with Gasteiger partial charge in [0.25, 0.3) is 0 Å². The Balaban J connectivity index is 1.90. The van der Waals surface area contributed by atoms with Crippen LogP contribution in [0, 0.1) is 17.6 Å². The molecule has 1 fully saturated rings. The van der Waals surface area contributed by atoms with Gasteiger partial charge in [-0.15, -0.1) is 0 Å². The summed E-state index contributed by atoms with van der Waals surface area (Å²) in [6.45, 7) is 8.78. The Kier molecular flexibility index (Phi) is 5.42. The topological polar surface area (TPSA) is 23.6 Å². The molecule has 1 aliphatic heterocycles. The average molecular weight is 296 g/mol. The SMILES string of the molecule is CC(C)CN1CCN(CC(=O)c2c(F)cccc2F)CC1. The third-order valence-corrected chi connectivity index (χ3v) is 3.70. The standard InChI is InChI=1S/C16H22F2N2O/c1-12(2)10-19-6-8-20(9-7-19)11-15(21)16-13(17)4-3-5-14(16)18/h3-5,12H,6-11H2,1-2H3. The number of hydrogen-bond acceptors (Lipinski definition) is 3. The van der Waals surface area contributed by atoms with Crippen LogP contribution in [0.25, 0.3) is 0 Å². The van der Waals surface area contributed by atoms with Crippen molar-refractivity contribution >= 4 is 5.78 Å². The van der Waals surface area contributed by atoms with Crippen LogP contribution in [-0.4, -0.2) is 54.9 Å². The van der Waals surface area contributed by atoms with Gasteiger partial charge in [-0.1, -0.05) is 19.9 Å². The van der Waals surface area contributed by atoms with E-state index in [4.69, 9.17) is 0 Å². The van der Waals surface area contributed by atoms with Crippen molar-refractivity contribution < 1.29 is 13.6 Å². The summed E-state index contributed by atoms with van der Waals surface area (Å²) in [4.78, 5) is 16.4. The highest BCUT2D eigenvalue weighted by molar-refractivity contribution is 5.98. The highest BCUT2D eigenvalue weighted by atomic mass is 19.1. The summed E-state index contributed by atoms with van der Waals surface area (Å²) in [7, 11) is 0. The summed E-state index contributed by atoms with van der Waals surface area (Å²) in [6.07, 6.45) is 0. The minimum atomic E-state index is -0.779. The van der Waals surface area contributed by atoms with Crippen LogP contribution >= 0.6 is 0 Å². The van der Waals surface area contributed by atoms with Crippen molar-refractivity contribution in [2.75, 3.05) is 39.3 Å². The summed E-state index contributed by atoms with van der Waals surface area (Å²) >= 11 is 0. The second-order valence-electron chi connectivity index (χ2n) is 5.99. The molecule has 0 atom stereocenters. The molecule has 1 saturated heterocycles. The molecule has 3 nitrogen and oxygen atoms in total. The molecule has 2 rings (SSSR count). The zero-order valence-corrected chi connectivity index (χ0v) is 12.6. The Bertz CT molecular complexity index is 477. The van der Waals surface area contributed by atoms with Crippen LogP contribution in [0.2, 0.25) is 0 Å². The number of piperazine rings is 1. The third kappa shape index (κ3) is 4.32. The van der Waals surface area contributed by atoms with Gasteiger partial charge in [-0.25, -0.2) is 8.78 Å². The Morgan fingerprint density at radius 3 is 2.14 bits per heavy atom. The van der Waals surface area contributed by atoms with E-state index in [1.54, 1.807) is 0 Å². The molecule has 116 valence electrons. The van der Waals surface area contributed by atoms with Crippen molar-refractivity contribution in [2.45, 2.75) is 13.8 Å². The Morgan fingerprint density at radius 2 is 1.62 bits per heavy atom. The van der Waals surface area contributed by atoms with Crippen LogP contribution in [0.4, 0.5) is 8.78 Å². The lowest BCUT2D eigenvalue weighted by atomic mass is 10.1. The van der Waals surface area contributed by atoms with Crippen molar-refractivity contribution in [3.8, 4) is 0 Å². The number of carbonyl (C=O) groups is 1. The van der Waals surface area contributed by atoms with Crippen molar-refractivity contribution in [2.24, 2.45) is 5.92 Å². The summed E-state index contributed by atoms with van der Waals surface area (Å²) in [5.41, 5.74) is -0.415. The van der Waals surface area contributed by atoms with Gasteiger partial charge >= 0.3 is 0 Å². The van der Waals surface area contributed by atoms with Gasteiger partial charge in [-0.05, 0) is 18.1 Å². The van der Waals surface area contributed by atoms with Crippen LogP contribution < -0.4 is 0 Å². The number of ketones is 1. The Morgan fingerprint density at radius 1 is 1.10 bits per heavy atom. The number of hydrogen-bond donors (Lipinski definition) is 0. The van der Waals surface area contributed by atoms with Gasteiger partial charge in [-0.2, -0.15) is 0 Å². The van der Waals surface area contributed by atoms with E-state index in [-0.39, 0.29) is 6.54 Å². The second kappa shape index (κ2) is 7.09. The van der Waals surface area contributed by atoms with E-state index in [2.05, 4.69) is 18.7 Å². The van der Waals surface area contributed by atoms with E-state index < -0.39 is 23.0 Å². The predicted molar refractivity (Wildman–Crippen MR) is 78.4 cm³/mol. The molecule has 1 heterocycles. The van der Waals surface area contributed by atoms with Gasteiger partial charge in [-0.3, -0.25) is 9.69 Å². The number of rotatable bonds is 5. The number of carbonyl (C=O) groups excluding carboxylic acids is 1. The number of benzene rings is 1. The normalized spacial score (nSPS) is 17.4. The van der Waals surface area contributed by atoms with Crippen molar-refractivity contribution in [3.63, 3.8) is 0 Å². The minimum absolute atomic E-state index is 0.0768. The van der Waals surface area contributed by atoms with E-state index in [1.807, 2.05) is 4.90 Å². The van der Waals surface area contributed by atoms with Crippen LogP contribution in [-0.2, 0) is 0 Å². The molecule has 0 unspecified atom stereocenters. The summed E-state index contributed by atoms with van der Waals surface area (Å²) < 4.78 is 27.1. The van der Waals surface area contributed by atoms with Crippen molar-refractivity contribution in [1.82, 2.24) is 9.80 Å². The first-order chi connectivity index (χ1) is 9.97. The van der Waals surface area contributed by atoms with Gasteiger partial charge in [0.2, 0.25) is 0 Å². The maximum absolute atomic E-state index is 13.6. The molecule has 0 bridgehead atoms. The number of halogens is 2. The Labute approximate surface area is 124 Å². The molecule has 21 heavy (non-hydrogen) atoms. The van der Waals surface area contributed by atoms with E-state index in [0.29, 0.717) is 5.92 Å². The van der Waals surface area contributed by atoms with E-state index >= 15 is 0 Å². The maximum Gasteiger partial charge on any atom is 0.182 e. The fraction of sp³-hybridized carbons (Fsp3) is 0.562. The van der Waals surface area contributed by atoms with Crippen molar-refractivity contribution in [1.29, 1.82) is 0 Å². The van der Waals surface area contributed by atoms with Crippen LogP contribution in [0.5, 0.6) is 0 Å². The van der Waals surface area contributed by atoms with Gasteiger partial charge in [0.1, 0.15) is 11.6 Å². The van der Waals surface area contributed by atoms with Gasteiger partial charge in [0, 0.05) is 32.7 Å². The minimum Gasteiger partial charge on any atom is -0.301 e. The van der Waals surface area contributed by atoms with E-state index in [9.17, 15) is 13.6 Å². The molecule has 1 aliphatic rings. The molecule has 0 radical (unpaired) electrons. The lowest BCUT2D eigenvalue weighted by molar-refractivity contribution is 0.0830. The molecule has 0 aromatic heterocycles. The smallest absolute Gasteiger partial charge is 0.182 e. The van der Waals surface area contributed by atoms with Gasteiger partial charge in [0.05, 0.1) is 12.1 Å². The molecular formula is C16H22F2N2O. The van der Waals surface area contributed by atoms with Crippen LogP contribution in [0.1, 0.15) is 24.2 Å². The first-order valence-electron chi connectivity index (χ1n) is 7.39. The molecule has 1 aromatic rings. The number of Topliss-reactive ketones (excluding diaryl/α,β-unsaturated/α-hetero) is 1. The molecule has 0 N–H and O–H groups in total. The number of nitrogens with zero attached hydrogens (tertiary/aromatic N) is 2. The fourth-order valence-electron chi connectivity index (χ4n) is 2.69. The van der Waals surface area contributed by atoms with Gasteiger partial charge < -0.3 is 4.90 Å². The predicted octanol–water partition coefficient (Wildman–Crippen LogP) is 2.42. The molecule has 0 aliphatic carbocycles. The lowest BCUT2D eigenvalue weighted by Gasteiger charge is -2.35. The molecule has 0 amide bonds. The van der Waals surface area contributed by atoms with Crippen LogP contribution in [0.3, 0.4) is 0 Å². The van der Waals surface area contributed by atoms with Gasteiger partial charge in [0.15, 0.2) is 5.78 Å². The Hall–Kier alpha value is -1.33. The highest BCUT2D eigenvalue weighted by Gasteiger charge is 2.23. The highest BCUT2D eigenvalue weighted by Crippen LogP contribution is 2.14. The summed E-state index contributed by atoms with van der Waals surface area (Å²) in [5, 5.41) is 0. The van der Waals surface area contributed by atoms with Crippen LogP contribution in [0.15, 0.2) is 18.2 Å². The molecule has 0 saturated carbocycles. The zero-order chi connectivity index (χ0) is 15.4. The zero-order valence-electron chi connectivity index (χ0n) is 12.6. The summed E-state index contributed by atoms with van der Waals surface area (Å²) in [5.74, 6) is -1.43. The average Bonchev–Trinajstić information content (AvgIpc) is 2.40. The van der Waals surface area contributed by atoms with E-state index in [1.165, 1.54) is 6.07 Å². The quantitative estimate of drug-likeness (QED) is 0.780. The first kappa shape index (κ1) is 16.0. The largest absolute Gasteiger partial charge is 0.301 e. The molecular weight excluding hydrogens is 274 g/mol. The monoisotopic (exact) mass is 296 g/mol. The van der Waals surface area contributed by atoms with Crippen molar-refractivity contribution in [3.05, 3.63) is 35.4 Å². The third-order valence-electron chi connectivity index (χ3n) is 3.70. The fourth-order valence-corrected chi connectivity index (χ4v) is 2.69. The molecule has 0 spiro atoms. The van der Waals surface area contributed by atoms with E-state index in [0.717, 1.165) is 44.9 Å². The lowest BCUT2D eigenvalue weighted by Crippen LogP contribution is -2.48. The second-order valence-corrected chi connectivity index (χ2v) is 5.99. The maximum atomic E-state index is 13.6. The summed E-state index contributed by atoms with van der Waals surface area (Å²) in [6, 6.07) is 3.51.